The lowest BCUT2D eigenvalue weighted by atomic mass is 9.98. The van der Waals surface area contributed by atoms with E-state index in [1.165, 1.54) is 25.3 Å². The first kappa shape index (κ1) is 11.0. The molecule has 1 aliphatic rings. The Morgan fingerprint density at radius 1 is 1.21 bits per heavy atom. The molecular formula is C12H18O2. The van der Waals surface area contributed by atoms with Gasteiger partial charge < -0.3 is 4.74 Å². The summed E-state index contributed by atoms with van der Waals surface area (Å²) in [5, 5.41) is 0. The Kier molecular flexibility index (Phi) is 5.05. The fraction of sp³-hybridized carbons (Fsp3) is 0.583. The van der Waals surface area contributed by atoms with E-state index in [0.29, 0.717) is 0 Å². The van der Waals surface area contributed by atoms with Gasteiger partial charge in [-0.2, -0.15) is 0 Å². The molecule has 1 saturated carbocycles. The number of hydrogen-bond donors (Lipinski definition) is 0. The summed E-state index contributed by atoms with van der Waals surface area (Å²) in [6.07, 6.45) is 12.8. The highest BCUT2D eigenvalue weighted by molar-refractivity contribution is 5.82. The van der Waals surface area contributed by atoms with Gasteiger partial charge in [0.1, 0.15) is 6.10 Å². The predicted octanol–water partition coefficient (Wildman–Crippen LogP) is 2.99. The number of ether oxygens (including phenoxy) is 1. The standard InChI is InChI=1S/C12H18O2/c1-2-3-5-10-12(13)14-11-8-6-4-7-9-11/h2-3,5,10-11H,4,6-9H2,1H3. The Morgan fingerprint density at radius 3 is 2.57 bits per heavy atom. The number of allylic oxidation sites excluding steroid dienone is 3. The van der Waals surface area contributed by atoms with Crippen LogP contribution in [0.2, 0.25) is 0 Å². The predicted molar refractivity (Wildman–Crippen MR) is 56.9 cm³/mol. The van der Waals surface area contributed by atoms with Gasteiger partial charge in [0.2, 0.25) is 0 Å². The molecule has 78 valence electrons. The molecule has 0 atom stereocenters. The molecule has 0 aromatic carbocycles. The molecule has 1 rings (SSSR count). The van der Waals surface area contributed by atoms with E-state index in [1.807, 2.05) is 19.1 Å². The van der Waals surface area contributed by atoms with Crippen molar-refractivity contribution in [3.05, 3.63) is 24.3 Å². The van der Waals surface area contributed by atoms with Crippen LogP contribution < -0.4 is 0 Å². The Labute approximate surface area is 85.6 Å². The molecule has 14 heavy (non-hydrogen) atoms. The van der Waals surface area contributed by atoms with Crippen LogP contribution in [0.25, 0.3) is 0 Å². The van der Waals surface area contributed by atoms with Crippen molar-refractivity contribution in [1.29, 1.82) is 0 Å². The van der Waals surface area contributed by atoms with Crippen molar-refractivity contribution >= 4 is 5.97 Å². The molecule has 1 aliphatic carbocycles. The second kappa shape index (κ2) is 6.41. The van der Waals surface area contributed by atoms with Gasteiger partial charge in [0.25, 0.3) is 0 Å². The van der Waals surface area contributed by atoms with Crippen LogP contribution in [0.4, 0.5) is 0 Å². The molecule has 0 unspecified atom stereocenters. The lowest BCUT2D eigenvalue weighted by molar-refractivity contribution is -0.144. The highest BCUT2D eigenvalue weighted by Crippen LogP contribution is 2.20. The normalized spacial score (nSPS) is 19.2. The molecular weight excluding hydrogens is 176 g/mol. The van der Waals surface area contributed by atoms with Crippen molar-refractivity contribution in [3.8, 4) is 0 Å². The van der Waals surface area contributed by atoms with E-state index in [9.17, 15) is 4.79 Å². The Morgan fingerprint density at radius 2 is 1.93 bits per heavy atom. The lowest BCUT2D eigenvalue weighted by Gasteiger charge is -2.20. The van der Waals surface area contributed by atoms with E-state index in [0.717, 1.165) is 12.8 Å². The van der Waals surface area contributed by atoms with Gasteiger partial charge in [-0.25, -0.2) is 4.79 Å². The summed E-state index contributed by atoms with van der Waals surface area (Å²) in [6, 6.07) is 0. The van der Waals surface area contributed by atoms with Crippen LogP contribution in [0.15, 0.2) is 24.3 Å². The van der Waals surface area contributed by atoms with Crippen LogP contribution in [0.5, 0.6) is 0 Å². The van der Waals surface area contributed by atoms with Gasteiger partial charge in [-0.15, -0.1) is 0 Å². The maximum absolute atomic E-state index is 11.2. The van der Waals surface area contributed by atoms with E-state index in [-0.39, 0.29) is 12.1 Å². The summed E-state index contributed by atoms with van der Waals surface area (Å²) in [5.41, 5.74) is 0. The van der Waals surface area contributed by atoms with E-state index in [2.05, 4.69) is 0 Å². The zero-order valence-corrected chi connectivity index (χ0v) is 8.74. The van der Waals surface area contributed by atoms with Gasteiger partial charge in [0.15, 0.2) is 0 Å². The molecule has 0 amide bonds. The topological polar surface area (TPSA) is 26.3 Å². The van der Waals surface area contributed by atoms with Crippen LogP contribution >= 0.6 is 0 Å². The maximum atomic E-state index is 11.2. The summed E-state index contributed by atoms with van der Waals surface area (Å²) in [5.74, 6) is -0.213. The highest BCUT2D eigenvalue weighted by Gasteiger charge is 2.15. The molecule has 0 aromatic heterocycles. The SMILES string of the molecule is CC=CC=CC(=O)OC1CCCCC1. The third-order valence-corrected chi connectivity index (χ3v) is 2.37. The Balaban J connectivity index is 2.25. The fourth-order valence-corrected chi connectivity index (χ4v) is 1.63. The molecule has 0 aromatic rings. The smallest absolute Gasteiger partial charge is 0.331 e. The minimum atomic E-state index is -0.213. The van der Waals surface area contributed by atoms with Gasteiger partial charge in [-0.1, -0.05) is 24.6 Å². The number of hydrogen-bond acceptors (Lipinski definition) is 2. The fourth-order valence-electron chi connectivity index (χ4n) is 1.63. The second-order valence-corrected chi connectivity index (χ2v) is 3.58. The van der Waals surface area contributed by atoms with E-state index in [1.54, 1.807) is 6.08 Å². The summed E-state index contributed by atoms with van der Waals surface area (Å²) >= 11 is 0. The minimum Gasteiger partial charge on any atom is -0.459 e. The molecule has 2 heteroatoms. The first-order valence-corrected chi connectivity index (χ1v) is 5.33. The van der Waals surface area contributed by atoms with Gasteiger partial charge in [-0.05, 0) is 32.6 Å². The number of esters is 1. The van der Waals surface area contributed by atoms with Crippen LogP contribution in [-0.2, 0) is 9.53 Å². The van der Waals surface area contributed by atoms with E-state index in [4.69, 9.17) is 4.74 Å². The van der Waals surface area contributed by atoms with Crippen LogP contribution in [0.3, 0.4) is 0 Å². The lowest BCUT2D eigenvalue weighted by Crippen LogP contribution is -2.19. The second-order valence-electron chi connectivity index (χ2n) is 3.58. The van der Waals surface area contributed by atoms with Crippen LogP contribution in [0.1, 0.15) is 39.0 Å². The number of rotatable bonds is 3. The summed E-state index contributed by atoms with van der Waals surface area (Å²) < 4.78 is 5.28. The van der Waals surface area contributed by atoms with Crippen LogP contribution in [0, 0.1) is 0 Å². The largest absolute Gasteiger partial charge is 0.459 e. The molecule has 0 radical (unpaired) electrons. The van der Waals surface area contributed by atoms with Crippen molar-refractivity contribution in [3.63, 3.8) is 0 Å². The quantitative estimate of drug-likeness (QED) is 0.392. The number of carbonyl (C=O) groups is 1. The first-order valence-electron chi connectivity index (χ1n) is 5.33. The monoisotopic (exact) mass is 194 g/mol. The van der Waals surface area contributed by atoms with Crippen molar-refractivity contribution in [2.24, 2.45) is 0 Å². The molecule has 0 bridgehead atoms. The summed E-state index contributed by atoms with van der Waals surface area (Å²) in [6.45, 7) is 1.91. The van der Waals surface area contributed by atoms with Gasteiger partial charge >= 0.3 is 5.97 Å². The van der Waals surface area contributed by atoms with Gasteiger partial charge in [0, 0.05) is 6.08 Å². The highest BCUT2D eigenvalue weighted by atomic mass is 16.5. The molecule has 2 nitrogen and oxygen atoms in total. The number of carbonyl (C=O) groups excluding carboxylic acids is 1. The Hall–Kier alpha value is -1.05. The molecule has 1 fully saturated rings. The minimum absolute atomic E-state index is 0.159. The van der Waals surface area contributed by atoms with E-state index < -0.39 is 0 Å². The van der Waals surface area contributed by atoms with Crippen LogP contribution in [-0.4, -0.2) is 12.1 Å². The summed E-state index contributed by atoms with van der Waals surface area (Å²) in [4.78, 5) is 11.2. The molecule has 0 N–H and O–H groups in total. The van der Waals surface area contributed by atoms with Gasteiger partial charge in [0.05, 0.1) is 0 Å². The zero-order valence-electron chi connectivity index (χ0n) is 8.74. The summed E-state index contributed by atoms with van der Waals surface area (Å²) in [7, 11) is 0. The van der Waals surface area contributed by atoms with Crippen molar-refractivity contribution < 1.29 is 9.53 Å². The molecule has 0 heterocycles. The molecule has 0 saturated heterocycles. The zero-order chi connectivity index (χ0) is 10.2. The molecule has 0 spiro atoms. The third kappa shape index (κ3) is 4.26. The Bertz CT molecular complexity index is 222. The van der Waals surface area contributed by atoms with E-state index >= 15 is 0 Å². The van der Waals surface area contributed by atoms with Crippen molar-refractivity contribution in [2.75, 3.05) is 0 Å². The van der Waals surface area contributed by atoms with Crippen molar-refractivity contribution in [1.82, 2.24) is 0 Å². The average Bonchev–Trinajstić information content (AvgIpc) is 2.20. The molecule has 0 aliphatic heterocycles. The van der Waals surface area contributed by atoms with Crippen molar-refractivity contribution in [2.45, 2.75) is 45.1 Å². The first-order chi connectivity index (χ1) is 6.83. The van der Waals surface area contributed by atoms with Gasteiger partial charge in [-0.3, -0.25) is 0 Å². The third-order valence-electron chi connectivity index (χ3n) is 2.37. The maximum Gasteiger partial charge on any atom is 0.331 e. The average molecular weight is 194 g/mol.